The molecule has 5 heteroatoms. The lowest BCUT2D eigenvalue weighted by atomic mass is 9.97. The maximum atomic E-state index is 13.7. The Bertz CT molecular complexity index is 2170. The van der Waals surface area contributed by atoms with E-state index in [1.165, 1.54) is 4.57 Å². The molecule has 0 aliphatic carbocycles. The van der Waals surface area contributed by atoms with Crippen LogP contribution < -0.4 is 5.56 Å². The first-order valence-corrected chi connectivity index (χ1v) is 12.4. The van der Waals surface area contributed by atoms with Crippen molar-refractivity contribution in [3.05, 3.63) is 131 Å². The van der Waals surface area contributed by atoms with E-state index in [0.29, 0.717) is 22.2 Å². The highest BCUT2D eigenvalue weighted by atomic mass is 16.3. The van der Waals surface area contributed by atoms with Crippen LogP contribution in [0.3, 0.4) is 0 Å². The van der Waals surface area contributed by atoms with Crippen LogP contribution in [0.5, 0.6) is 0 Å². The summed E-state index contributed by atoms with van der Waals surface area (Å²) in [7, 11) is 0. The first-order chi connectivity index (χ1) is 18.7. The van der Waals surface area contributed by atoms with Gasteiger partial charge in [-0.15, -0.1) is 0 Å². The van der Waals surface area contributed by atoms with Crippen LogP contribution in [0.2, 0.25) is 0 Å². The number of furan rings is 1. The number of aromatic nitrogens is 2. The number of fused-ring (bicyclic) bond motifs is 7. The number of hydrogen-bond donors (Lipinski definition) is 0. The second-order valence-electron chi connectivity index (χ2n) is 9.51. The number of para-hydroxylation sites is 1. The van der Waals surface area contributed by atoms with Gasteiger partial charge >= 0.3 is 0 Å². The summed E-state index contributed by atoms with van der Waals surface area (Å²) in [5.74, 6) is -0.105. The smallest absolute Gasteiger partial charge is 0.266 e. The van der Waals surface area contributed by atoms with Gasteiger partial charge in [0.05, 0.1) is 22.2 Å². The van der Waals surface area contributed by atoms with E-state index < -0.39 is 0 Å². The number of nitrogens with zero attached hydrogens (tertiary/aromatic N) is 2. The molecule has 0 spiro atoms. The molecule has 1 aliphatic rings. The summed E-state index contributed by atoms with van der Waals surface area (Å²) >= 11 is 0. The Hall–Kier alpha value is -5.29. The van der Waals surface area contributed by atoms with Crippen molar-refractivity contribution >= 4 is 38.6 Å². The fourth-order valence-electron chi connectivity index (χ4n) is 5.59. The van der Waals surface area contributed by atoms with Crippen molar-refractivity contribution in [2.75, 3.05) is 0 Å². The van der Waals surface area contributed by atoms with E-state index in [1.54, 1.807) is 0 Å². The quantitative estimate of drug-likeness (QED) is 0.258. The molecule has 178 valence electrons. The average molecular weight is 491 g/mol. The van der Waals surface area contributed by atoms with E-state index in [1.807, 2.05) is 109 Å². The fourth-order valence-corrected chi connectivity index (χ4v) is 5.59. The molecule has 7 aromatic rings. The van der Waals surface area contributed by atoms with Crippen molar-refractivity contribution in [1.82, 2.24) is 9.55 Å². The van der Waals surface area contributed by atoms with Gasteiger partial charge in [0.25, 0.3) is 5.56 Å². The van der Waals surface area contributed by atoms with Gasteiger partial charge in [-0.3, -0.25) is 14.2 Å². The van der Waals surface area contributed by atoms with Gasteiger partial charge in [0.15, 0.2) is 5.82 Å². The first kappa shape index (κ1) is 20.9. The predicted molar refractivity (Wildman–Crippen MR) is 149 cm³/mol. The van der Waals surface area contributed by atoms with Crippen LogP contribution in [-0.2, 0) is 0 Å². The molecular formula is C33H18N2O3. The monoisotopic (exact) mass is 490 g/mol. The van der Waals surface area contributed by atoms with Gasteiger partial charge in [-0.25, -0.2) is 4.98 Å². The predicted octanol–water partition coefficient (Wildman–Crippen LogP) is 7.16. The van der Waals surface area contributed by atoms with E-state index in [9.17, 15) is 9.59 Å². The molecule has 8 rings (SSSR count). The third kappa shape index (κ3) is 2.84. The normalized spacial score (nSPS) is 12.4. The van der Waals surface area contributed by atoms with Gasteiger partial charge in [0, 0.05) is 10.8 Å². The highest BCUT2D eigenvalue weighted by molar-refractivity contribution is 6.16. The minimum atomic E-state index is -0.253. The molecule has 5 nitrogen and oxygen atoms in total. The van der Waals surface area contributed by atoms with Crippen LogP contribution in [0, 0.1) is 0 Å². The largest absolute Gasteiger partial charge is 0.456 e. The van der Waals surface area contributed by atoms with Gasteiger partial charge in [-0.1, -0.05) is 72.8 Å². The fraction of sp³-hybridized carbons (Fsp3) is 0. The molecule has 0 amide bonds. The molecule has 0 unspecified atom stereocenters. The van der Waals surface area contributed by atoms with Crippen molar-refractivity contribution in [2.45, 2.75) is 0 Å². The van der Waals surface area contributed by atoms with Crippen LogP contribution in [0.25, 0.3) is 60.8 Å². The Labute approximate surface area is 216 Å². The van der Waals surface area contributed by atoms with E-state index in [-0.39, 0.29) is 17.2 Å². The Balaban J connectivity index is 1.32. The number of carbonyl (C=O) groups excluding carboxylic acids is 1. The average Bonchev–Trinajstić information content (AvgIpc) is 3.48. The Kier molecular flexibility index (Phi) is 4.17. The summed E-state index contributed by atoms with van der Waals surface area (Å²) in [6.07, 6.45) is 0. The molecule has 38 heavy (non-hydrogen) atoms. The molecule has 0 saturated carbocycles. The molecule has 0 atom stereocenters. The maximum absolute atomic E-state index is 13.7. The summed E-state index contributed by atoms with van der Waals surface area (Å²) in [6, 6.07) is 35.0. The molecule has 0 radical (unpaired) electrons. The molecule has 0 bridgehead atoms. The zero-order valence-corrected chi connectivity index (χ0v) is 20.0. The molecule has 2 aromatic heterocycles. The summed E-state index contributed by atoms with van der Waals surface area (Å²) in [6.45, 7) is 0. The minimum Gasteiger partial charge on any atom is -0.456 e. The summed E-state index contributed by atoms with van der Waals surface area (Å²) in [5.41, 5.74) is 6.69. The maximum Gasteiger partial charge on any atom is 0.266 e. The molecule has 0 N–H and O–H groups in total. The SMILES string of the molecule is O=C1c2cc(-c3cccc4oc5ccccc5c34)ccc2-n2c1nc1ccc(-c3ccccc3)cc1c2=O. The van der Waals surface area contributed by atoms with Crippen molar-refractivity contribution in [1.29, 1.82) is 0 Å². The standard InChI is InChI=1S/C33H18N2O3/c36-31-25-18-21(22-10-6-12-29-30(22)23-9-4-5-11-28(23)38-29)14-16-27(25)35-32(31)34-26-15-13-20(17-24(26)33(35)37)19-7-2-1-3-8-19/h1-18H. The second-order valence-corrected chi connectivity index (χ2v) is 9.51. The number of rotatable bonds is 2. The lowest BCUT2D eigenvalue weighted by Crippen LogP contribution is -2.21. The van der Waals surface area contributed by atoms with Gasteiger partial charge in [-0.2, -0.15) is 0 Å². The molecule has 5 aromatic carbocycles. The second kappa shape index (κ2) is 7.60. The van der Waals surface area contributed by atoms with Gasteiger partial charge in [0.1, 0.15) is 11.2 Å². The van der Waals surface area contributed by atoms with Crippen LogP contribution in [0.1, 0.15) is 16.2 Å². The van der Waals surface area contributed by atoms with Crippen LogP contribution in [0.15, 0.2) is 118 Å². The van der Waals surface area contributed by atoms with Crippen molar-refractivity contribution in [3.63, 3.8) is 0 Å². The van der Waals surface area contributed by atoms with E-state index in [0.717, 1.165) is 44.2 Å². The molecule has 3 heterocycles. The lowest BCUT2D eigenvalue weighted by Gasteiger charge is -2.09. The van der Waals surface area contributed by atoms with Crippen LogP contribution in [-0.4, -0.2) is 15.3 Å². The summed E-state index contributed by atoms with van der Waals surface area (Å²) in [4.78, 5) is 31.9. The van der Waals surface area contributed by atoms with Gasteiger partial charge < -0.3 is 4.42 Å². The van der Waals surface area contributed by atoms with Gasteiger partial charge in [0.2, 0.25) is 5.78 Å². The number of carbonyl (C=O) groups is 1. The summed E-state index contributed by atoms with van der Waals surface area (Å²) in [5, 5.41) is 2.50. The number of ketones is 1. The first-order valence-electron chi connectivity index (χ1n) is 12.4. The summed E-state index contributed by atoms with van der Waals surface area (Å²) < 4.78 is 7.51. The zero-order valence-electron chi connectivity index (χ0n) is 20.0. The minimum absolute atomic E-state index is 0.147. The Morgan fingerprint density at radius 3 is 2.29 bits per heavy atom. The zero-order chi connectivity index (χ0) is 25.4. The van der Waals surface area contributed by atoms with E-state index in [2.05, 4.69) is 4.98 Å². The molecule has 1 aliphatic heterocycles. The van der Waals surface area contributed by atoms with E-state index >= 15 is 0 Å². The third-order valence-corrected chi connectivity index (χ3v) is 7.37. The highest BCUT2D eigenvalue weighted by Gasteiger charge is 2.31. The molecule has 0 fully saturated rings. The number of hydrogen-bond acceptors (Lipinski definition) is 4. The van der Waals surface area contributed by atoms with Crippen molar-refractivity contribution in [2.24, 2.45) is 0 Å². The third-order valence-electron chi connectivity index (χ3n) is 7.37. The molecule has 0 saturated heterocycles. The molecular weight excluding hydrogens is 472 g/mol. The number of benzene rings is 5. The van der Waals surface area contributed by atoms with Crippen molar-refractivity contribution in [3.8, 4) is 27.9 Å². The lowest BCUT2D eigenvalue weighted by molar-refractivity contribution is 0.103. The highest BCUT2D eigenvalue weighted by Crippen LogP contribution is 2.38. The Morgan fingerprint density at radius 2 is 1.39 bits per heavy atom. The Morgan fingerprint density at radius 1 is 0.605 bits per heavy atom. The van der Waals surface area contributed by atoms with Crippen LogP contribution in [0.4, 0.5) is 0 Å². The van der Waals surface area contributed by atoms with Crippen LogP contribution >= 0.6 is 0 Å². The van der Waals surface area contributed by atoms with Gasteiger partial charge in [-0.05, 0) is 58.7 Å². The van der Waals surface area contributed by atoms with Crippen molar-refractivity contribution < 1.29 is 9.21 Å². The topological polar surface area (TPSA) is 65.1 Å². The van der Waals surface area contributed by atoms with E-state index in [4.69, 9.17) is 4.42 Å².